The molecule has 2 atom stereocenters. The molecule has 3 nitrogen and oxygen atoms in total. The van der Waals surface area contributed by atoms with E-state index in [-0.39, 0.29) is 30.3 Å². The number of halogens is 2. The van der Waals surface area contributed by atoms with Gasteiger partial charge in [0.1, 0.15) is 0 Å². The van der Waals surface area contributed by atoms with Crippen LogP contribution in [0.5, 0.6) is 0 Å². The van der Waals surface area contributed by atoms with E-state index in [4.69, 9.17) is 5.73 Å². The lowest BCUT2D eigenvalue weighted by atomic mass is 9.95. The molecule has 0 aliphatic heterocycles. The average Bonchev–Trinajstić information content (AvgIpc) is 2.35. The Balaban J connectivity index is 0.00000289. The van der Waals surface area contributed by atoms with Crippen LogP contribution in [-0.4, -0.2) is 12.5 Å². The van der Waals surface area contributed by atoms with Crippen LogP contribution in [0, 0.1) is 5.92 Å². The highest BCUT2D eigenvalue weighted by atomic mass is 79.9. The molecule has 1 rings (SSSR count). The summed E-state index contributed by atoms with van der Waals surface area (Å²) in [7, 11) is 0. The molecule has 18 heavy (non-hydrogen) atoms. The Hall–Kier alpha value is -0.840. The molecule has 0 aromatic heterocycles. The Bertz CT molecular complexity index is 397. The van der Waals surface area contributed by atoms with Gasteiger partial charge in [0.15, 0.2) is 0 Å². The third-order valence-corrected chi connectivity index (χ3v) is 2.87. The Morgan fingerprint density at radius 2 is 2.00 bits per heavy atom. The second-order valence-electron chi connectivity index (χ2n) is 3.96. The van der Waals surface area contributed by atoms with Gasteiger partial charge in [-0.25, -0.2) is 0 Å². The molecule has 2 unspecified atom stereocenters. The molecule has 1 aromatic carbocycles. The van der Waals surface area contributed by atoms with Crippen LogP contribution < -0.4 is 11.1 Å². The molecule has 1 amide bonds. The summed E-state index contributed by atoms with van der Waals surface area (Å²) in [5.41, 5.74) is 7.02. The number of benzene rings is 1. The van der Waals surface area contributed by atoms with Gasteiger partial charge in [-0.1, -0.05) is 59.8 Å². The van der Waals surface area contributed by atoms with E-state index in [0.717, 1.165) is 10.0 Å². The Kier molecular flexibility index (Phi) is 7.91. The normalized spacial score (nSPS) is 13.1. The molecule has 0 radical (unpaired) electrons. The first-order valence-electron chi connectivity index (χ1n) is 5.44. The van der Waals surface area contributed by atoms with Crippen LogP contribution in [0.4, 0.5) is 0 Å². The summed E-state index contributed by atoms with van der Waals surface area (Å²) in [6.07, 6.45) is 0. The molecule has 0 aliphatic carbocycles. The molecule has 1 aromatic rings. The topological polar surface area (TPSA) is 55.1 Å². The minimum Gasteiger partial charge on any atom is -0.351 e. The van der Waals surface area contributed by atoms with Crippen LogP contribution in [0.1, 0.15) is 18.5 Å². The van der Waals surface area contributed by atoms with Crippen molar-refractivity contribution >= 4 is 34.2 Å². The lowest BCUT2D eigenvalue weighted by molar-refractivity contribution is -0.124. The average molecular weight is 334 g/mol. The highest BCUT2D eigenvalue weighted by molar-refractivity contribution is 9.11. The summed E-state index contributed by atoms with van der Waals surface area (Å²) >= 11 is 3.19. The van der Waals surface area contributed by atoms with Crippen molar-refractivity contribution in [2.75, 3.05) is 6.54 Å². The maximum atomic E-state index is 11.8. The van der Waals surface area contributed by atoms with Crippen LogP contribution in [-0.2, 0) is 4.79 Å². The summed E-state index contributed by atoms with van der Waals surface area (Å²) in [6.45, 7) is 5.90. The van der Waals surface area contributed by atoms with Crippen LogP contribution in [0.25, 0.3) is 0 Å². The van der Waals surface area contributed by atoms with E-state index in [1.54, 1.807) is 0 Å². The molecule has 0 heterocycles. The van der Waals surface area contributed by atoms with Crippen molar-refractivity contribution in [3.05, 3.63) is 47.0 Å². The van der Waals surface area contributed by atoms with Crippen molar-refractivity contribution in [1.82, 2.24) is 5.32 Å². The van der Waals surface area contributed by atoms with Gasteiger partial charge < -0.3 is 11.1 Å². The maximum absolute atomic E-state index is 11.8. The highest BCUT2D eigenvalue weighted by Crippen LogP contribution is 2.19. The van der Waals surface area contributed by atoms with Gasteiger partial charge in [-0.05, 0) is 5.56 Å². The summed E-state index contributed by atoms with van der Waals surface area (Å²) in [6, 6.07) is 9.33. The molecule has 100 valence electrons. The first kappa shape index (κ1) is 17.2. The number of carbonyl (C=O) groups is 1. The fourth-order valence-electron chi connectivity index (χ4n) is 1.47. The fourth-order valence-corrected chi connectivity index (χ4v) is 1.61. The zero-order valence-electron chi connectivity index (χ0n) is 10.2. The van der Waals surface area contributed by atoms with Crippen molar-refractivity contribution in [1.29, 1.82) is 0 Å². The number of nitrogens with two attached hydrogens (primary N) is 1. The number of carbonyl (C=O) groups excluding carboxylic acids is 1. The molecular weight excluding hydrogens is 316 g/mol. The van der Waals surface area contributed by atoms with Crippen LogP contribution >= 0.6 is 28.3 Å². The van der Waals surface area contributed by atoms with Gasteiger partial charge in [-0.15, -0.1) is 12.4 Å². The second kappa shape index (κ2) is 8.29. The van der Waals surface area contributed by atoms with E-state index in [1.165, 1.54) is 0 Å². The molecule has 3 N–H and O–H groups in total. The minimum absolute atomic E-state index is 0. The van der Waals surface area contributed by atoms with E-state index >= 15 is 0 Å². The SMILES string of the molecule is C=C(Br)CNC(=O)C(C)C(N)c1ccccc1.Cl. The lowest BCUT2D eigenvalue weighted by Gasteiger charge is -2.19. The highest BCUT2D eigenvalue weighted by Gasteiger charge is 2.21. The summed E-state index contributed by atoms with van der Waals surface area (Å²) < 4.78 is 0.742. The number of hydrogen-bond donors (Lipinski definition) is 2. The van der Waals surface area contributed by atoms with Crippen LogP contribution in [0.3, 0.4) is 0 Å². The molecule has 0 saturated heterocycles. The van der Waals surface area contributed by atoms with Crippen molar-refractivity contribution in [3.8, 4) is 0 Å². The Morgan fingerprint density at radius 1 is 1.44 bits per heavy atom. The van der Waals surface area contributed by atoms with Crippen LogP contribution in [0.2, 0.25) is 0 Å². The Morgan fingerprint density at radius 3 is 2.50 bits per heavy atom. The van der Waals surface area contributed by atoms with E-state index in [0.29, 0.717) is 6.54 Å². The molecular formula is C13H18BrClN2O. The van der Waals surface area contributed by atoms with E-state index in [1.807, 2.05) is 37.3 Å². The zero-order chi connectivity index (χ0) is 12.8. The van der Waals surface area contributed by atoms with E-state index in [2.05, 4.69) is 27.8 Å². The second-order valence-corrected chi connectivity index (χ2v) is 5.08. The zero-order valence-corrected chi connectivity index (χ0v) is 12.6. The quantitative estimate of drug-likeness (QED) is 0.870. The smallest absolute Gasteiger partial charge is 0.225 e. The van der Waals surface area contributed by atoms with Crippen molar-refractivity contribution in [3.63, 3.8) is 0 Å². The van der Waals surface area contributed by atoms with Gasteiger partial charge >= 0.3 is 0 Å². The molecule has 5 heteroatoms. The first-order valence-corrected chi connectivity index (χ1v) is 6.23. The lowest BCUT2D eigenvalue weighted by Crippen LogP contribution is -2.36. The van der Waals surface area contributed by atoms with Gasteiger partial charge in [0.05, 0.1) is 5.92 Å². The molecule has 0 saturated carbocycles. The van der Waals surface area contributed by atoms with Crippen molar-refractivity contribution in [2.45, 2.75) is 13.0 Å². The van der Waals surface area contributed by atoms with Gasteiger partial charge in [0.2, 0.25) is 5.91 Å². The maximum Gasteiger partial charge on any atom is 0.225 e. The number of rotatable bonds is 5. The van der Waals surface area contributed by atoms with Gasteiger partial charge in [-0.2, -0.15) is 0 Å². The van der Waals surface area contributed by atoms with Crippen molar-refractivity contribution in [2.24, 2.45) is 11.7 Å². The predicted molar refractivity (Wildman–Crippen MR) is 80.9 cm³/mol. The first-order chi connectivity index (χ1) is 8.02. The largest absolute Gasteiger partial charge is 0.351 e. The van der Waals surface area contributed by atoms with Crippen molar-refractivity contribution < 1.29 is 4.79 Å². The third-order valence-electron chi connectivity index (χ3n) is 2.59. The number of amides is 1. The molecule has 0 bridgehead atoms. The Labute approximate surface area is 122 Å². The summed E-state index contributed by atoms with van der Waals surface area (Å²) in [5.74, 6) is -0.341. The molecule has 0 fully saturated rings. The summed E-state index contributed by atoms with van der Waals surface area (Å²) in [4.78, 5) is 11.8. The van der Waals surface area contributed by atoms with Gasteiger partial charge in [0.25, 0.3) is 0 Å². The minimum atomic E-state index is -0.292. The van der Waals surface area contributed by atoms with E-state index in [9.17, 15) is 4.79 Å². The number of nitrogens with one attached hydrogen (secondary N) is 1. The fraction of sp³-hybridized carbons (Fsp3) is 0.308. The molecule has 0 aliphatic rings. The van der Waals surface area contributed by atoms with E-state index < -0.39 is 0 Å². The van der Waals surface area contributed by atoms with Gasteiger partial charge in [0, 0.05) is 17.1 Å². The van der Waals surface area contributed by atoms with Crippen LogP contribution in [0.15, 0.2) is 41.4 Å². The predicted octanol–water partition coefficient (Wildman–Crippen LogP) is 2.77. The monoisotopic (exact) mass is 332 g/mol. The van der Waals surface area contributed by atoms with Gasteiger partial charge in [-0.3, -0.25) is 4.79 Å². The number of hydrogen-bond acceptors (Lipinski definition) is 2. The third kappa shape index (κ3) is 5.21. The molecule has 0 spiro atoms. The standard InChI is InChI=1S/C13H17BrN2O.ClH/c1-9(14)8-16-13(17)10(2)12(15)11-6-4-3-5-7-11;/h3-7,10,12H,1,8,15H2,2H3,(H,16,17);1H. The summed E-state index contributed by atoms with van der Waals surface area (Å²) in [5, 5.41) is 2.77.